The molecule has 2 heterocycles. The van der Waals surface area contributed by atoms with E-state index in [-0.39, 0.29) is 17.4 Å². The molecule has 185 valence electrons. The Morgan fingerprint density at radius 3 is 2.44 bits per heavy atom. The third-order valence-electron chi connectivity index (χ3n) is 5.90. The minimum atomic E-state index is -0.125. The molecule has 1 aliphatic heterocycles. The Morgan fingerprint density at radius 2 is 1.97 bits per heavy atom. The highest BCUT2D eigenvalue weighted by molar-refractivity contribution is 7.13. The summed E-state index contributed by atoms with van der Waals surface area (Å²) in [7, 11) is 2.04. The van der Waals surface area contributed by atoms with E-state index in [0.29, 0.717) is 24.8 Å². The van der Waals surface area contributed by atoms with E-state index in [1.165, 1.54) is 10.4 Å². The summed E-state index contributed by atoms with van der Waals surface area (Å²) in [6.07, 6.45) is 2.98. The maximum atomic E-state index is 12.7. The number of aromatic nitrogens is 1. The van der Waals surface area contributed by atoms with Gasteiger partial charge in [-0.15, -0.1) is 11.3 Å². The summed E-state index contributed by atoms with van der Waals surface area (Å²) in [6.45, 7) is 16.3. The van der Waals surface area contributed by atoms with Crippen LogP contribution >= 0.6 is 11.3 Å². The van der Waals surface area contributed by atoms with Crippen molar-refractivity contribution >= 4 is 31.1 Å². The van der Waals surface area contributed by atoms with Crippen molar-refractivity contribution in [3.63, 3.8) is 0 Å². The molecule has 2 aromatic rings. The molecule has 1 aliphatic rings. The van der Waals surface area contributed by atoms with Gasteiger partial charge in [-0.3, -0.25) is 9.59 Å². The molecule has 0 spiro atoms. The van der Waals surface area contributed by atoms with Crippen LogP contribution < -0.4 is 10.5 Å². The number of carbonyl (C=O) groups excluding carboxylic acids is 2. The second-order valence-electron chi connectivity index (χ2n) is 10.4. The Hall–Kier alpha value is -2.19. The van der Waals surface area contributed by atoms with Crippen LogP contribution in [0.5, 0.6) is 0 Å². The first-order valence-electron chi connectivity index (χ1n) is 12.1. The van der Waals surface area contributed by atoms with E-state index >= 15 is 0 Å². The third-order valence-corrected chi connectivity index (χ3v) is 6.87. The number of benzene rings is 1. The monoisotopic (exact) mass is 483 g/mol. The van der Waals surface area contributed by atoms with E-state index in [0.717, 1.165) is 30.6 Å². The number of carbonyl (C=O) groups is 2. The average Bonchev–Trinajstić information content (AvgIpc) is 3.40. The number of nitrogens with zero attached hydrogens (tertiary/aromatic N) is 2. The third kappa shape index (κ3) is 8.24. The lowest BCUT2D eigenvalue weighted by Crippen LogP contribution is -2.55. The number of hydrogen-bond acceptors (Lipinski definition) is 5. The molecular formula is C26H40BN4O2S. The molecule has 1 saturated heterocycles. The van der Waals surface area contributed by atoms with Gasteiger partial charge in [-0.1, -0.05) is 64.7 Å². The van der Waals surface area contributed by atoms with Crippen molar-refractivity contribution in [2.45, 2.75) is 85.8 Å². The molecule has 0 bridgehead atoms. The van der Waals surface area contributed by atoms with Crippen molar-refractivity contribution < 1.29 is 9.59 Å². The number of nitrogens with one attached hydrogen (secondary N) is 2. The molecule has 0 aliphatic carbocycles. The maximum Gasteiger partial charge on any atom is 0.239 e. The Kier molecular flexibility index (Phi) is 10.8. The highest BCUT2D eigenvalue weighted by atomic mass is 32.1. The second-order valence-corrected chi connectivity index (χ2v) is 11.2. The van der Waals surface area contributed by atoms with Gasteiger partial charge in [0.25, 0.3) is 0 Å². The van der Waals surface area contributed by atoms with E-state index in [4.69, 9.17) is 0 Å². The molecule has 1 aromatic carbocycles. The summed E-state index contributed by atoms with van der Waals surface area (Å²) in [5.74, 6) is 0.697. The smallest absolute Gasteiger partial charge is 0.239 e. The van der Waals surface area contributed by atoms with Gasteiger partial charge in [0.2, 0.25) is 19.7 Å². The first-order valence-corrected chi connectivity index (χ1v) is 13.0. The fourth-order valence-corrected chi connectivity index (χ4v) is 4.73. The van der Waals surface area contributed by atoms with Crippen molar-refractivity contribution in [2.24, 2.45) is 5.41 Å². The summed E-state index contributed by atoms with van der Waals surface area (Å²) in [5.41, 5.74) is 5.12. The Morgan fingerprint density at radius 1 is 1.29 bits per heavy atom. The van der Waals surface area contributed by atoms with E-state index < -0.39 is 0 Å². The van der Waals surface area contributed by atoms with Gasteiger partial charge in [0.1, 0.15) is 0 Å². The topological polar surface area (TPSA) is 74.3 Å². The molecule has 1 aromatic heterocycles. The maximum absolute atomic E-state index is 12.7. The molecule has 2 unspecified atom stereocenters. The fraction of sp³-hybridized carbons (Fsp3) is 0.577. The summed E-state index contributed by atoms with van der Waals surface area (Å²) in [6, 6.07) is 8.42. The lowest BCUT2D eigenvalue weighted by atomic mass is 9.74. The molecule has 6 nitrogen and oxygen atoms in total. The van der Waals surface area contributed by atoms with Crippen LogP contribution in [0.2, 0.25) is 5.82 Å². The van der Waals surface area contributed by atoms with Crippen LogP contribution in [0.1, 0.15) is 65.6 Å². The normalized spacial score (nSPS) is 16.6. The molecule has 2 N–H and O–H groups in total. The number of aryl methyl sites for hydroxylation is 1. The highest BCUT2D eigenvalue weighted by Crippen LogP contribution is 2.27. The first kappa shape index (κ1) is 28.1. The van der Waals surface area contributed by atoms with Gasteiger partial charge < -0.3 is 15.4 Å². The molecule has 3 rings (SSSR count). The second kappa shape index (κ2) is 13.1. The molecule has 1 fully saturated rings. The van der Waals surface area contributed by atoms with Gasteiger partial charge in [-0.05, 0) is 43.2 Å². The molecule has 34 heavy (non-hydrogen) atoms. The fourth-order valence-electron chi connectivity index (χ4n) is 3.92. The quantitative estimate of drug-likeness (QED) is 0.417. The van der Waals surface area contributed by atoms with Crippen molar-refractivity contribution in [3.05, 3.63) is 41.0 Å². The standard InChI is InChI=1S/C14H28BN2O.C12H12N2OS/c1-10(2)15-16-12(14(4,5)6)13(18)17-9-7-8-11(17)3;1-9-12(16-8-14-9)11-4-2-10(3-5-11)6-13-7-15/h10-12,16H,7-9H2,1-6H3;2-5,7-8H,6H2,1H3,(H,13,15). The van der Waals surface area contributed by atoms with Crippen LogP contribution in [0.15, 0.2) is 29.8 Å². The van der Waals surface area contributed by atoms with E-state index in [2.05, 4.69) is 69.2 Å². The largest absolute Gasteiger partial charge is 0.355 e. The van der Waals surface area contributed by atoms with E-state index in [9.17, 15) is 9.59 Å². The Labute approximate surface area is 210 Å². The average molecular weight is 484 g/mol. The first-order chi connectivity index (χ1) is 16.0. The number of amides is 2. The Balaban J connectivity index is 0.000000241. The zero-order valence-corrected chi connectivity index (χ0v) is 22.5. The lowest BCUT2D eigenvalue weighted by molar-refractivity contribution is -0.136. The zero-order valence-electron chi connectivity index (χ0n) is 21.7. The van der Waals surface area contributed by atoms with Crippen molar-refractivity contribution in [1.29, 1.82) is 0 Å². The predicted molar refractivity (Wildman–Crippen MR) is 143 cm³/mol. The molecule has 8 heteroatoms. The van der Waals surface area contributed by atoms with Crippen LogP contribution in [0, 0.1) is 12.3 Å². The van der Waals surface area contributed by atoms with Gasteiger partial charge in [-0.2, -0.15) is 0 Å². The van der Waals surface area contributed by atoms with Gasteiger partial charge >= 0.3 is 0 Å². The minimum absolute atomic E-state index is 0.0647. The zero-order chi connectivity index (χ0) is 25.3. The summed E-state index contributed by atoms with van der Waals surface area (Å²) in [5, 5.41) is 5.98. The summed E-state index contributed by atoms with van der Waals surface area (Å²) < 4.78 is 0. The van der Waals surface area contributed by atoms with Crippen LogP contribution in [-0.4, -0.2) is 48.2 Å². The van der Waals surface area contributed by atoms with Crippen LogP contribution in [0.3, 0.4) is 0 Å². The van der Waals surface area contributed by atoms with Crippen molar-refractivity contribution in [2.75, 3.05) is 6.54 Å². The van der Waals surface area contributed by atoms with Gasteiger partial charge in [0, 0.05) is 19.1 Å². The molecule has 1 radical (unpaired) electrons. The number of likely N-dealkylation sites (tertiary alicyclic amines) is 1. The van der Waals surface area contributed by atoms with Crippen LogP contribution in [-0.2, 0) is 16.1 Å². The SMILES string of the molecule is CC(C)[B]NC(C(=O)N1CCCC1C)C(C)(C)C.Cc1ncsc1-c1ccc(CNC=O)cc1. The summed E-state index contributed by atoms with van der Waals surface area (Å²) in [4.78, 5) is 30.3. The van der Waals surface area contributed by atoms with Gasteiger partial charge in [0.05, 0.1) is 22.1 Å². The highest BCUT2D eigenvalue weighted by Gasteiger charge is 2.36. The van der Waals surface area contributed by atoms with Gasteiger partial charge in [0.15, 0.2) is 0 Å². The van der Waals surface area contributed by atoms with E-state index in [1.807, 2.05) is 36.9 Å². The summed E-state index contributed by atoms with van der Waals surface area (Å²) >= 11 is 1.64. The van der Waals surface area contributed by atoms with Gasteiger partial charge in [-0.25, -0.2) is 4.98 Å². The number of thiazole rings is 1. The molecular weight excluding hydrogens is 443 g/mol. The number of hydrogen-bond donors (Lipinski definition) is 2. The minimum Gasteiger partial charge on any atom is -0.355 e. The predicted octanol–water partition coefficient (Wildman–Crippen LogP) is 4.81. The molecule has 2 amide bonds. The lowest BCUT2D eigenvalue weighted by Gasteiger charge is -2.35. The Bertz CT molecular complexity index is 908. The number of rotatable bonds is 8. The van der Waals surface area contributed by atoms with Crippen molar-refractivity contribution in [1.82, 2.24) is 20.4 Å². The van der Waals surface area contributed by atoms with Crippen LogP contribution in [0.4, 0.5) is 0 Å². The molecule has 0 saturated carbocycles. The van der Waals surface area contributed by atoms with Crippen molar-refractivity contribution in [3.8, 4) is 10.4 Å². The van der Waals surface area contributed by atoms with E-state index in [1.54, 1.807) is 11.3 Å². The molecule has 2 atom stereocenters. The van der Waals surface area contributed by atoms with Crippen LogP contribution in [0.25, 0.3) is 10.4 Å².